The van der Waals surface area contributed by atoms with E-state index in [1.54, 1.807) is 0 Å². The lowest BCUT2D eigenvalue weighted by Crippen LogP contribution is -2.37. The van der Waals surface area contributed by atoms with Crippen molar-refractivity contribution < 1.29 is 0 Å². The van der Waals surface area contributed by atoms with Crippen molar-refractivity contribution in [2.24, 2.45) is 17.4 Å². The van der Waals surface area contributed by atoms with Gasteiger partial charge in [-0.1, -0.05) is 58.3 Å². The van der Waals surface area contributed by atoms with Gasteiger partial charge in [0.2, 0.25) is 0 Å². The van der Waals surface area contributed by atoms with Crippen molar-refractivity contribution in [3.63, 3.8) is 0 Å². The lowest BCUT2D eigenvalue weighted by atomic mass is 9.81. The van der Waals surface area contributed by atoms with Crippen LogP contribution in [0.4, 0.5) is 0 Å². The van der Waals surface area contributed by atoms with Gasteiger partial charge in [-0.2, -0.15) is 0 Å². The molecule has 1 rings (SSSR count). The van der Waals surface area contributed by atoms with Crippen LogP contribution in [-0.2, 0) is 0 Å². The van der Waals surface area contributed by atoms with Gasteiger partial charge in [0, 0.05) is 12.1 Å². The van der Waals surface area contributed by atoms with Crippen molar-refractivity contribution in [3.8, 4) is 0 Å². The van der Waals surface area contributed by atoms with Gasteiger partial charge in [-0.3, -0.25) is 0 Å². The summed E-state index contributed by atoms with van der Waals surface area (Å²) in [5, 5.41) is 0. The molecule has 0 heterocycles. The van der Waals surface area contributed by atoms with E-state index >= 15 is 0 Å². The fourth-order valence-electron chi connectivity index (χ4n) is 3.23. The fourth-order valence-corrected chi connectivity index (χ4v) is 3.23. The molecule has 0 aromatic rings. The molecule has 0 radical (unpaired) electrons. The predicted octanol–water partition coefficient (Wildman–Crippen LogP) is 3.97. The summed E-state index contributed by atoms with van der Waals surface area (Å²) in [6.07, 6.45) is 15.8. The number of unbranched alkanes of at least 4 members (excludes halogenated alkanes) is 4. The van der Waals surface area contributed by atoms with Crippen LogP contribution >= 0.6 is 0 Å². The molecular weight excluding hydrogens is 220 g/mol. The van der Waals surface area contributed by atoms with E-state index in [-0.39, 0.29) is 0 Å². The largest absolute Gasteiger partial charge is 0.328 e. The van der Waals surface area contributed by atoms with Crippen LogP contribution in [0.1, 0.15) is 84.0 Å². The van der Waals surface area contributed by atoms with Gasteiger partial charge in [-0.05, 0) is 31.6 Å². The van der Waals surface area contributed by atoms with Crippen LogP contribution in [0, 0.1) is 5.92 Å². The molecule has 0 aliphatic heterocycles. The van der Waals surface area contributed by atoms with Crippen molar-refractivity contribution in [2.45, 2.75) is 96.1 Å². The van der Waals surface area contributed by atoms with E-state index in [0.717, 1.165) is 12.3 Å². The van der Waals surface area contributed by atoms with Gasteiger partial charge in [-0.15, -0.1) is 0 Å². The summed E-state index contributed by atoms with van der Waals surface area (Å²) in [7, 11) is 0. The third-order valence-corrected chi connectivity index (χ3v) is 4.51. The van der Waals surface area contributed by atoms with E-state index < -0.39 is 0 Å². The summed E-state index contributed by atoms with van der Waals surface area (Å²) in [5.74, 6) is 0.755. The van der Waals surface area contributed by atoms with E-state index in [1.165, 1.54) is 70.6 Å². The first kappa shape index (κ1) is 16.0. The third kappa shape index (κ3) is 6.75. The Morgan fingerprint density at radius 1 is 0.944 bits per heavy atom. The number of rotatable bonds is 9. The maximum absolute atomic E-state index is 6.32. The first-order valence-corrected chi connectivity index (χ1v) is 8.25. The Morgan fingerprint density at radius 2 is 1.61 bits per heavy atom. The van der Waals surface area contributed by atoms with Gasteiger partial charge in [0.25, 0.3) is 0 Å². The maximum atomic E-state index is 6.32. The van der Waals surface area contributed by atoms with Gasteiger partial charge in [-0.25, -0.2) is 0 Å². The Morgan fingerprint density at radius 3 is 2.28 bits per heavy atom. The molecule has 1 aliphatic rings. The molecule has 2 atom stereocenters. The molecule has 108 valence electrons. The highest BCUT2D eigenvalue weighted by Crippen LogP contribution is 2.27. The molecule has 2 heteroatoms. The predicted molar refractivity (Wildman–Crippen MR) is 80.5 cm³/mol. The summed E-state index contributed by atoms with van der Waals surface area (Å²) in [4.78, 5) is 0. The lowest BCUT2D eigenvalue weighted by molar-refractivity contribution is 0.281. The average Bonchev–Trinajstić information content (AvgIpc) is 2.39. The normalized spacial score (nSPS) is 20.8. The summed E-state index contributed by atoms with van der Waals surface area (Å²) in [6.45, 7) is 2.26. The second-order valence-corrected chi connectivity index (χ2v) is 6.26. The highest BCUT2D eigenvalue weighted by Gasteiger charge is 2.21. The van der Waals surface area contributed by atoms with Crippen LogP contribution in [0.3, 0.4) is 0 Å². The summed E-state index contributed by atoms with van der Waals surface area (Å²) in [6, 6.07) is 0.694. The zero-order chi connectivity index (χ0) is 13.2. The Labute approximate surface area is 114 Å². The minimum absolute atomic E-state index is 0.337. The molecule has 18 heavy (non-hydrogen) atoms. The van der Waals surface area contributed by atoms with Gasteiger partial charge in [0.05, 0.1) is 0 Å². The second kappa shape index (κ2) is 9.80. The number of hydrogen-bond donors (Lipinski definition) is 2. The van der Waals surface area contributed by atoms with Gasteiger partial charge >= 0.3 is 0 Å². The number of hydrogen-bond acceptors (Lipinski definition) is 2. The highest BCUT2D eigenvalue weighted by molar-refractivity contribution is 4.80. The van der Waals surface area contributed by atoms with E-state index in [4.69, 9.17) is 11.5 Å². The van der Waals surface area contributed by atoms with Crippen molar-refractivity contribution in [2.75, 3.05) is 0 Å². The standard InChI is InChI=1S/C16H34N2/c1-2-3-4-5-9-12-15(17)13-16(18)14-10-7-6-8-11-14/h14-16H,2-13,17-18H2,1H3. The van der Waals surface area contributed by atoms with Crippen molar-refractivity contribution in [1.29, 1.82) is 0 Å². The van der Waals surface area contributed by atoms with Crippen LogP contribution in [0.5, 0.6) is 0 Å². The maximum Gasteiger partial charge on any atom is 0.00818 e. The smallest absolute Gasteiger partial charge is 0.00818 e. The summed E-state index contributed by atoms with van der Waals surface area (Å²) in [5.41, 5.74) is 12.5. The van der Waals surface area contributed by atoms with Crippen molar-refractivity contribution >= 4 is 0 Å². The summed E-state index contributed by atoms with van der Waals surface area (Å²) >= 11 is 0. The molecule has 0 saturated heterocycles. The molecule has 0 aromatic heterocycles. The highest BCUT2D eigenvalue weighted by atomic mass is 14.7. The molecule has 0 spiro atoms. The average molecular weight is 254 g/mol. The van der Waals surface area contributed by atoms with Gasteiger partial charge in [0.1, 0.15) is 0 Å². The van der Waals surface area contributed by atoms with E-state index in [2.05, 4.69) is 6.92 Å². The summed E-state index contributed by atoms with van der Waals surface area (Å²) < 4.78 is 0. The zero-order valence-electron chi connectivity index (χ0n) is 12.4. The fraction of sp³-hybridized carbons (Fsp3) is 1.00. The first-order chi connectivity index (χ1) is 8.74. The molecule has 0 aromatic carbocycles. The van der Waals surface area contributed by atoms with Crippen LogP contribution in [-0.4, -0.2) is 12.1 Å². The van der Waals surface area contributed by atoms with Crippen molar-refractivity contribution in [1.82, 2.24) is 0 Å². The van der Waals surface area contributed by atoms with Crippen LogP contribution < -0.4 is 11.5 Å². The zero-order valence-corrected chi connectivity index (χ0v) is 12.4. The van der Waals surface area contributed by atoms with E-state index in [1.807, 2.05) is 0 Å². The van der Waals surface area contributed by atoms with E-state index in [9.17, 15) is 0 Å². The third-order valence-electron chi connectivity index (χ3n) is 4.51. The molecule has 1 fully saturated rings. The minimum Gasteiger partial charge on any atom is -0.328 e. The molecule has 2 unspecified atom stereocenters. The Bertz CT molecular complexity index is 188. The molecule has 1 aliphatic carbocycles. The topological polar surface area (TPSA) is 52.0 Å². The molecule has 0 bridgehead atoms. The van der Waals surface area contributed by atoms with Crippen LogP contribution in [0.25, 0.3) is 0 Å². The monoisotopic (exact) mass is 254 g/mol. The Hall–Kier alpha value is -0.0800. The van der Waals surface area contributed by atoms with Gasteiger partial charge in [0.15, 0.2) is 0 Å². The lowest BCUT2D eigenvalue weighted by Gasteiger charge is -2.29. The van der Waals surface area contributed by atoms with E-state index in [0.29, 0.717) is 12.1 Å². The quantitative estimate of drug-likeness (QED) is 0.612. The minimum atomic E-state index is 0.337. The van der Waals surface area contributed by atoms with Crippen molar-refractivity contribution in [3.05, 3.63) is 0 Å². The molecule has 1 saturated carbocycles. The Kier molecular flexibility index (Phi) is 8.70. The molecule has 2 nitrogen and oxygen atoms in total. The van der Waals surface area contributed by atoms with Gasteiger partial charge < -0.3 is 11.5 Å². The second-order valence-electron chi connectivity index (χ2n) is 6.26. The first-order valence-electron chi connectivity index (χ1n) is 8.25. The SMILES string of the molecule is CCCCCCCC(N)CC(N)C1CCCCC1. The molecule has 0 amide bonds. The molecular formula is C16H34N2. The molecule has 4 N–H and O–H groups in total. The Balaban J connectivity index is 2.05. The van der Waals surface area contributed by atoms with Crippen LogP contribution in [0.2, 0.25) is 0 Å². The number of nitrogens with two attached hydrogens (primary N) is 2. The van der Waals surface area contributed by atoms with Crippen LogP contribution in [0.15, 0.2) is 0 Å².